The fraction of sp³-hybridized carbons (Fsp3) is 0.417. The van der Waals surface area contributed by atoms with E-state index in [4.69, 9.17) is 4.74 Å². The second-order valence-electron chi connectivity index (χ2n) is 3.97. The zero-order chi connectivity index (χ0) is 13.5. The summed E-state index contributed by atoms with van der Waals surface area (Å²) in [6.45, 7) is 3.63. The minimum absolute atomic E-state index is 0.0438. The van der Waals surface area contributed by atoms with E-state index >= 15 is 0 Å². The van der Waals surface area contributed by atoms with E-state index in [2.05, 4.69) is 15.6 Å². The predicted molar refractivity (Wildman–Crippen MR) is 66.4 cm³/mol. The maximum absolute atomic E-state index is 11.8. The highest BCUT2D eigenvalue weighted by Crippen LogP contribution is 2.12. The van der Waals surface area contributed by atoms with Crippen molar-refractivity contribution in [1.29, 1.82) is 0 Å². The first-order valence-electron chi connectivity index (χ1n) is 5.61. The lowest BCUT2D eigenvalue weighted by Crippen LogP contribution is -2.39. The Balaban J connectivity index is 2.58. The van der Waals surface area contributed by atoms with Crippen molar-refractivity contribution in [3.8, 4) is 5.88 Å². The molecule has 0 bridgehead atoms. The van der Waals surface area contributed by atoms with Crippen LogP contribution in [0.4, 0.5) is 0 Å². The van der Waals surface area contributed by atoms with Gasteiger partial charge in [0.15, 0.2) is 0 Å². The summed E-state index contributed by atoms with van der Waals surface area (Å²) < 4.78 is 4.97. The molecule has 0 aliphatic rings. The number of ether oxygens (including phenoxy) is 1. The molecule has 1 aromatic rings. The Hall–Kier alpha value is -2.11. The molecule has 0 unspecified atom stereocenters. The maximum atomic E-state index is 11.8. The van der Waals surface area contributed by atoms with Crippen molar-refractivity contribution in [2.75, 3.05) is 13.7 Å². The van der Waals surface area contributed by atoms with Crippen molar-refractivity contribution in [2.45, 2.75) is 19.9 Å². The van der Waals surface area contributed by atoms with Gasteiger partial charge in [-0.3, -0.25) is 9.59 Å². The summed E-state index contributed by atoms with van der Waals surface area (Å²) in [7, 11) is 1.44. The highest BCUT2D eigenvalue weighted by Gasteiger charge is 2.13. The third-order valence-corrected chi connectivity index (χ3v) is 2.07. The molecule has 2 N–H and O–H groups in total. The van der Waals surface area contributed by atoms with Crippen LogP contribution < -0.4 is 15.4 Å². The minimum atomic E-state index is -0.390. The Morgan fingerprint density at radius 2 is 2.17 bits per heavy atom. The maximum Gasteiger partial charge on any atom is 0.257 e. The fourth-order valence-electron chi connectivity index (χ4n) is 1.36. The molecule has 0 saturated carbocycles. The van der Waals surface area contributed by atoms with Crippen LogP contribution in [0.1, 0.15) is 24.2 Å². The molecule has 0 spiro atoms. The number of aromatic nitrogens is 1. The molecular formula is C12H17N3O3. The van der Waals surface area contributed by atoms with Gasteiger partial charge in [-0.1, -0.05) is 0 Å². The van der Waals surface area contributed by atoms with Crippen molar-refractivity contribution in [1.82, 2.24) is 15.6 Å². The number of methoxy groups -OCH3 is 1. The van der Waals surface area contributed by atoms with Gasteiger partial charge >= 0.3 is 0 Å². The van der Waals surface area contributed by atoms with Crippen LogP contribution in [0, 0.1) is 0 Å². The third-order valence-electron chi connectivity index (χ3n) is 2.07. The highest BCUT2D eigenvalue weighted by molar-refractivity contribution is 5.98. The molecule has 6 heteroatoms. The van der Waals surface area contributed by atoms with Gasteiger partial charge in [0.2, 0.25) is 11.8 Å². The molecule has 18 heavy (non-hydrogen) atoms. The predicted octanol–water partition coefficient (Wildman–Crippen LogP) is 0.345. The van der Waals surface area contributed by atoms with Gasteiger partial charge in [0.25, 0.3) is 5.91 Å². The summed E-state index contributed by atoms with van der Waals surface area (Å²) in [5.74, 6) is -0.390. The summed E-state index contributed by atoms with van der Waals surface area (Å²) in [5, 5.41) is 5.19. The molecule has 0 atom stereocenters. The van der Waals surface area contributed by atoms with Gasteiger partial charge < -0.3 is 15.4 Å². The Morgan fingerprint density at radius 3 is 2.78 bits per heavy atom. The van der Waals surface area contributed by atoms with Crippen molar-refractivity contribution in [2.24, 2.45) is 0 Å². The first-order chi connectivity index (χ1) is 8.54. The molecule has 1 heterocycles. The van der Waals surface area contributed by atoms with E-state index in [1.165, 1.54) is 13.3 Å². The number of carbonyl (C=O) groups is 2. The lowest BCUT2D eigenvalue weighted by molar-refractivity contribution is -0.120. The van der Waals surface area contributed by atoms with E-state index in [0.29, 0.717) is 5.56 Å². The van der Waals surface area contributed by atoms with Crippen molar-refractivity contribution in [3.05, 3.63) is 23.9 Å². The Bertz CT molecular complexity index is 432. The zero-order valence-electron chi connectivity index (χ0n) is 10.7. The standard InChI is InChI=1S/C12H17N3O3/c1-8(2)15-10(16)7-14-11(17)9-5-4-6-13-12(9)18-3/h4-6,8H,7H2,1-3H3,(H,14,17)(H,15,16). The third kappa shape index (κ3) is 4.04. The molecule has 0 fully saturated rings. The van der Waals surface area contributed by atoms with E-state index in [-0.39, 0.29) is 30.3 Å². The van der Waals surface area contributed by atoms with E-state index < -0.39 is 0 Å². The lowest BCUT2D eigenvalue weighted by atomic mass is 10.2. The molecule has 1 rings (SSSR count). The average Bonchev–Trinajstić information content (AvgIpc) is 2.35. The van der Waals surface area contributed by atoms with Gasteiger partial charge in [-0.2, -0.15) is 0 Å². The number of amides is 2. The number of hydrogen-bond acceptors (Lipinski definition) is 4. The summed E-state index contributed by atoms with van der Waals surface area (Å²) in [6.07, 6.45) is 1.53. The van der Waals surface area contributed by atoms with Crippen LogP contribution in [-0.4, -0.2) is 36.5 Å². The molecule has 98 valence electrons. The molecule has 0 saturated heterocycles. The van der Waals surface area contributed by atoms with E-state index in [0.717, 1.165) is 0 Å². The molecular weight excluding hydrogens is 234 g/mol. The summed E-state index contributed by atoms with van der Waals surface area (Å²) in [5.41, 5.74) is 0.303. The SMILES string of the molecule is COc1ncccc1C(=O)NCC(=O)NC(C)C. The fourth-order valence-corrected chi connectivity index (χ4v) is 1.36. The number of nitrogens with one attached hydrogen (secondary N) is 2. The van der Waals surface area contributed by atoms with Crippen molar-refractivity contribution in [3.63, 3.8) is 0 Å². The van der Waals surface area contributed by atoms with Gasteiger partial charge in [0.05, 0.1) is 13.7 Å². The van der Waals surface area contributed by atoms with Crippen LogP contribution in [-0.2, 0) is 4.79 Å². The monoisotopic (exact) mass is 251 g/mol. The summed E-state index contributed by atoms with van der Waals surface area (Å²) in [4.78, 5) is 27.1. The quantitative estimate of drug-likeness (QED) is 0.791. The Kier molecular flexibility index (Phi) is 5.10. The van der Waals surface area contributed by atoms with Gasteiger partial charge in [-0.25, -0.2) is 4.98 Å². The molecule has 1 aromatic heterocycles. The summed E-state index contributed by atoms with van der Waals surface area (Å²) >= 11 is 0. The topological polar surface area (TPSA) is 80.3 Å². The molecule has 0 aliphatic carbocycles. The lowest BCUT2D eigenvalue weighted by Gasteiger charge is -2.10. The Morgan fingerprint density at radius 1 is 1.44 bits per heavy atom. The average molecular weight is 251 g/mol. The van der Waals surface area contributed by atoms with E-state index in [1.54, 1.807) is 12.1 Å². The van der Waals surface area contributed by atoms with Crippen LogP contribution in [0.15, 0.2) is 18.3 Å². The number of carbonyl (C=O) groups excluding carboxylic acids is 2. The van der Waals surface area contributed by atoms with Crippen LogP contribution in [0.2, 0.25) is 0 Å². The number of nitrogens with zero attached hydrogens (tertiary/aromatic N) is 1. The van der Waals surface area contributed by atoms with Gasteiger partial charge in [-0.05, 0) is 26.0 Å². The first-order valence-corrected chi connectivity index (χ1v) is 5.61. The highest BCUT2D eigenvalue weighted by atomic mass is 16.5. The second kappa shape index (κ2) is 6.58. The molecule has 0 aromatic carbocycles. The van der Waals surface area contributed by atoms with Gasteiger partial charge in [0, 0.05) is 12.2 Å². The largest absolute Gasteiger partial charge is 0.480 e. The van der Waals surface area contributed by atoms with Crippen molar-refractivity contribution < 1.29 is 14.3 Å². The van der Waals surface area contributed by atoms with E-state index in [1.807, 2.05) is 13.8 Å². The minimum Gasteiger partial charge on any atom is -0.480 e. The molecule has 2 amide bonds. The Labute approximate surface area is 106 Å². The van der Waals surface area contributed by atoms with Crippen LogP contribution >= 0.6 is 0 Å². The molecule has 0 aliphatic heterocycles. The smallest absolute Gasteiger partial charge is 0.257 e. The first kappa shape index (κ1) is 14.0. The number of rotatable bonds is 5. The van der Waals surface area contributed by atoms with Crippen molar-refractivity contribution >= 4 is 11.8 Å². The number of pyridine rings is 1. The normalized spacial score (nSPS) is 10.0. The van der Waals surface area contributed by atoms with Gasteiger partial charge in [-0.15, -0.1) is 0 Å². The van der Waals surface area contributed by atoms with Gasteiger partial charge in [0.1, 0.15) is 5.56 Å². The molecule has 0 radical (unpaired) electrons. The molecule has 6 nitrogen and oxygen atoms in total. The second-order valence-corrected chi connectivity index (χ2v) is 3.97. The summed E-state index contributed by atoms with van der Waals surface area (Å²) in [6, 6.07) is 3.26. The van der Waals surface area contributed by atoms with Crippen LogP contribution in [0.5, 0.6) is 5.88 Å². The van der Waals surface area contributed by atoms with Crippen LogP contribution in [0.3, 0.4) is 0 Å². The zero-order valence-corrected chi connectivity index (χ0v) is 10.7. The van der Waals surface area contributed by atoms with Crippen LogP contribution in [0.25, 0.3) is 0 Å². The number of hydrogen-bond donors (Lipinski definition) is 2. The van der Waals surface area contributed by atoms with E-state index in [9.17, 15) is 9.59 Å².